The van der Waals surface area contributed by atoms with Gasteiger partial charge in [-0.1, -0.05) is 12.8 Å². The minimum atomic E-state index is -0.863. The zero-order valence-corrected chi connectivity index (χ0v) is 15.3. The molecule has 1 heterocycles. The third-order valence-electron chi connectivity index (χ3n) is 4.71. The van der Waals surface area contributed by atoms with Crippen LogP contribution in [-0.4, -0.2) is 39.2 Å². The highest BCUT2D eigenvalue weighted by molar-refractivity contribution is 6.00. The zero-order valence-electron chi connectivity index (χ0n) is 15.3. The highest BCUT2D eigenvalue weighted by Crippen LogP contribution is 2.31. The van der Waals surface area contributed by atoms with E-state index < -0.39 is 5.54 Å². The van der Waals surface area contributed by atoms with Gasteiger partial charge in [0.15, 0.2) is 5.82 Å². The SMILES string of the molecule is CCNC(=O)NC1(C(=O)Nc2ccc(-c3n[nH]c(CN)n3)cc2)CCCC1. The lowest BCUT2D eigenvalue weighted by atomic mass is 9.96. The molecule has 9 heteroatoms. The highest BCUT2D eigenvalue weighted by atomic mass is 16.2. The quantitative estimate of drug-likeness (QED) is 0.524. The van der Waals surface area contributed by atoms with Crippen LogP contribution in [0.2, 0.25) is 0 Å². The number of anilines is 1. The van der Waals surface area contributed by atoms with E-state index in [9.17, 15) is 9.59 Å². The van der Waals surface area contributed by atoms with E-state index in [4.69, 9.17) is 5.73 Å². The Morgan fingerprint density at radius 3 is 2.52 bits per heavy atom. The van der Waals surface area contributed by atoms with Gasteiger partial charge < -0.3 is 21.7 Å². The first-order valence-electron chi connectivity index (χ1n) is 9.15. The number of carbonyl (C=O) groups excluding carboxylic acids is 2. The number of hydrogen-bond donors (Lipinski definition) is 5. The number of hydrogen-bond acceptors (Lipinski definition) is 5. The lowest BCUT2D eigenvalue weighted by molar-refractivity contribution is -0.121. The summed E-state index contributed by atoms with van der Waals surface area (Å²) in [6, 6.07) is 6.93. The van der Waals surface area contributed by atoms with Crippen molar-refractivity contribution in [2.24, 2.45) is 5.73 Å². The van der Waals surface area contributed by atoms with Gasteiger partial charge in [-0.2, -0.15) is 5.10 Å². The number of carbonyl (C=O) groups is 2. The van der Waals surface area contributed by atoms with E-state index >= 15 is 0 Å². The summed E-state index contributed by atoms with van der Waals surface area (Å²) < 4.78 is 0. The molecule has 1 fully saturated rings. The van der Waals surface area contributed by atoms with Gasteiger partial charge in [0.05, 0.1) is 6.54 Å². The minimum Gasteiger partial charge on any atom is -0.338 e. The average Bonchev–Trinajstić information content (AvgIpc) is 3.32. The van der Waals surface area contributed by atoms with E-state index in [2.05, 4.69) is 31.1 Å². The van der Waals surface area contributed by atoms with E-state index in [-0.39, 0.29) is 11.9 Å². The zero-order chi connectivity index (χ0) is 19.3. The fraction of sp³-hybridized carbons (Fsp3) is 0.444. The summed E-state index contributed by atoms with van der Waals surface area (Å²) >= 11 is 0. The largest absolute Gasteiger partial charge is 0.338 e. The summed E-state index contributed by atoms with van der Waals surface area (Å²) in [4.78, 5) is 29.1. The Balaban J connectivity index is 1.69. The standard InChI is InChI=1S/C18H25N7O2/c1-2-20-17(27)23-18(9-3-4-10-18)16(26)21-13-7-5-12(6-8-13)15-22-14(11-19)24-25-15/h5-8H,2-4,9-11,19H2,1H3,(H,21,26)(H2,20,23,27)(H,22,24,25). The molecule has 1 saturated carbocycles. The molecule has 0 bridgehead atoms. The molecule has 27 heavy (non-hydrogen) atoms. The molecule has 0 unspecified atom stereocenters. The van der Waals surface area contributed by atoms with Crippen molar-refractivity contribution in [2.75, 3.05) is 11.9 Å². The minimum absolute atomic E-state index is 0.192. The molecule has 0 atom stereocenters. The monoisotopic (exact) mass is 371 g/mol. The summed E-state index contributed by atoms with van der Waals surface area (Å²) in [7, 11) is 0. The number of amides is 3. The van der Waals surface area contributed by atoms with Crippen molar-refractivity contribution >= 4 is 17.6 Å². The molecule has 2 aromatic rings. The van der Waals surface area contributed by atoms with Crippen molar-refractivity contribution in [3.8, 4) is 11.4 Å². The molecule has 0 saturated heterocycles. The Morgan fingerprint density at radius 2 is 1.93 bits per heavy atom. The van der Waals surface area contributed by atoms with Gasteiger partial charge in [0, 0.05) is 17.8 Å². The Kier molecular flexibility index (Phi) is 5.70. The first-order valence-corrected chi connectivity index (χ1v) is 9.15. The van der Waals surface area contributed by atoms with Crippen molar-refractivity contribution in [2.45, 2.75) is 44.7 Å². The molecular weight excluding hydrogens is 346 g/mol. The van der Waals surface area contributed by atoms with Gasteiger partial charge in [-0.15, -0.1) is 0 Å². The molecule has 1 aliphatic carbocycles. The summed E-state index contributed by atoms with van der Waals surface area (Å²) in [6.07, 6.45) is 3.08. The van der Waals surface area contributed by atoms with Crippen LogP contribution in [0, 0.1) is 0 Å². The number of H-pyrrole nitrogens is 1. The Hall–Kier alpha value is -2.94. The fourth-order valence-electron chi connectivity index (χ4n) is 3.28. The van der Waals surface area contributed by atoms with Crippen LogP contribution in [0.1, 0.15) is 38.4 Å². The molecule has 0 spiro atoms. The highest BCUT2D eigenvalue weighted by Gasteiger charge is 2.42. The maximum absolute atomic E-state index is 12.9. The van der Waals surface area contributed by atoms with E-state index in [0.29, 0.717) is 43.3 Å². The molecule has 144 valence electrons. The van der Waals surface area contributed by atoms with Crippen molar-refractivity contribution in [3.05, 3.63) is 30.1 Å². The third-order valence-corrected chi connectivity index (χ3v) is 4.71. The molecular formula is C18H25N7O2. The predicted octanol–water partition coefficient (Wildman–Crippen LogP) is 1.50. The van der Waals surface area contributed by atoms with Gasteiger partial charge in [-0.25, -0.2) is 9.78 Å². The van der Waals surface area contributed by atoms with Gasteiger partial charge in [-0.05, 0) is 44.0 Å². The lowest BCUT2D eigenvalue weighted by Crippen LogP contribution is -2.57. The summed E-state index contributed by atoms with van der Waals surface area (Å²) in [5.41, 5.74) is 6.14. The molecule has 0 aliphatic heterocycles. The van der Waals surface area contributed by atoms with Gasteiger partial charge >= 0.3 is 6.03 Å². The Bertz CT molecular complexity index is 794. The van der Waals surface area contributed by atoms with Gasteiger partial charge in [-0.3, -0.25) is 9.89 Å². The number of nitrogens with one attached hydrogen (secondary N) is 4. The number of nitrogens with two attached hydrogens (primary N) is 1. The van der Waals surface area contributed by atoms with E-state index in [1.807, 2.05) is 19.1 Å². The molecule has 9 nitrogen and oxygen atoms in total. The van der Waals surface area contributed by atoms with Crippen molar-refractivity contribution in [3.63, 3.8) is 0 Å². The number of rotatable bonds is 6. The van der Waals surface area contributed by atoms with Crippen LogP contribution in [0.4, 0.5) is 10.5 Å². The van der Waals surface area contributed by atoms with E-state index in [1.165, 1.54) is 0 Å². The average molecular weight is 371 g/mol. The predicted molar refractivity (Wildman–Crippen MR) is 102 cm³/mol. The number of urea groups is 1. The molecule has 6 N–H and O–H groups in total. The first kappa shape index (κ1) is 18.8. The second-order valence-electron chi connectivity index (χ2n) is 6.61. The fourth-order valence-corrected chi connectivity index (χ4v) is 3.28. The van der Waals surface area contributed by atoms with Crippen LogP contribution in [0.25, 0.3) is 11.4 Å². The normalized spacial score (nSPS) is 15.3. The van der Waals surface area contributed by atoms with Crippen LogP contribution in [0.3, 0.4) is 0 Å². The van der Waals surface area contributed by atoms with Gasteiger partial charge in [0.2, 0.25) is 5.91 Å². The Morgan fingerprint density at radius 1 is 1.22 bits per heavy atom. The number of nitrogens with zero attached hydrogens (tertiary/aromatic N) is 2. The molecule has 1 aliphatic rings. The van der Waals surface area contributed by atoms with Crippen LogP contribution >= 0.6 is 0 Å². The van der Waals surface area contributed by atoms with Crippen LogP contribution < -0.4 is 21.7 Å². The van der Waals surface area contributed by atoms with Crippen LogP contribution in [0.15, 0.2) is 24.3 Å². The maximum atomic E-state index is 12.9. The molecule has 1 aromatic carbocycles. The molecule has 1 aromatic heterocycles. The van der Waals surface area contributed by atoms with Gasteiger partial charge in [0.1, 0.15) is 11.4 Å². The summed E-state index contributed by atoms with van der Waals surface area (Å²) in [5.74, 6) is 0.975. The molecule has 3 amide bonds. The second-order valence-corrected chi connectivity index (χ2v) is 6.61. The topological polar surface area (TPSA) is 138 Å². The molecule has 0 radical (unpaired) electrons. The third kappa shape index (κ3) is 4.25. The van der Waals surface area contributed by atoms with Crippen LogP contribution in [-0.2, 0) is 11.3 Å². The second kappa shape index (κ2) is 8.17. The van der Waals surface area contributed by atoms with Crippen molar-refractivity contribution in [1.29, 1.82) is 0 Å². The van der Waals surface area contributed by atoms with Crippen molar-refractivity contribution in [1.82, 2.24) is 25.8 Å². The summed E-state index contributed by atoms with van der Waals surface area (Å²) in [5, 5.41) is 15.4. The molecule has 3 rings (SSSR count). The summed E-state index contributed by atoms with van der Waals surface area (Å²) in [6.45, 7) is 2.65. The first-order chi connectivity index (χ1) is 13.1. The van der Waals surface area contributed by atoms with Crippen LogP contribution in [0.5, 0.6) is 0 Å². The maximum Gasteiger partial charge on any atom is 0.315 e. The van der Waals surface area contributed by atoms with E-state index in [1.54, 1.807) is 12.1 Å². The van der Waals surface area contributed by atoms with E-state index in [0.717, 1.165) is 18.4 Å². The Labute approximate surface area is 157 Å². The van der Waals surface area contributed by atoms with Crippen molar-refractivity contribution < 1.29 is 9.59 Å². The number of aromatic nitrogens is 3. The number of benzene rings is 1. The van der Waals surface area contributed by atoms with Gasteiger partial charge in [0.25, 0.3) is 0 Å². The smallest absolute Gasteiger partial charge is 0.315 e. The number of aromatic amines is 1. The lowest BCUT2D eigenvalue weighted by Gasteiger charge is -2.29.